The Morgan fingerprint density at radius 3 is 2.55 bits per heavy atom. The smallest absolute Gasteiger partial charge is 0.170 e. The molecule has 2 aliphatic rings. The van der Waals surface area contributed by atoms with E-state index >= 15 is 0 Å². The number of rotatable bonds is 2. The molecule has 20 heavy (non-hydrogen) atoms. The van der Waals surface area contributed by atoms with Crippen molar-refractivity contribution in [1.29, 1.82) is 5.26 Å². The van der Waals surface area contributed by atoms with Gasteiger partial charge in [-0.15, -0.1) is 0 Å². The van der Waals surface area contributed by atoms with Gasteiger partial charge in [0.05, 0.1) is 24.8 Å². The minimum atomic E-state index is -0.328. The number of nitriles is 1. The van der Waals surface area contributed by atoms with E-state index in [9.17, 15) is 0 Å². The van der Waals surface area contributed by atoms with Gasteiger partial charge in [-0.3, -0.25) is 4.90 Å². The van der Waals surface area contributed by atoms with Gasteiger partial charge in [0, 0.05) is 37.5 Å². The molecule has 106 valence electrons. The first-order chi connectivity index (χ1) is 9.71. The highest BCUT2D eigenvalue weighted by atomic mass is 35.5. The van der Waals surface area contributed by atoms with Crippen LogP contribution in [0.5, 0.6) is 0 Å². The van der Waals surface area contributed by atoms with Crippen molar-refractivity contribution in [2.45, 2.75) is 25.2 Å². The van der Waals surface area contributed by atoms with Crippen LogP contribution in [0.1, 0.15) is 24.0 Å². The van der Waals surface area contributed by atoms with Gasteiger partial charge in [0.15, 0.2) is 5.79 Å². The fraction of sp³-hybridized carbons (Fsp3) is 0.533. The van der Waals surface area contributed by atoms with Gasteiger partial charge in [-0.25, -0.2) is 0 Å². The Hall–Kier alpha value is -1.12. The summed E-state index contributed by atoms with van der Waals surface area (Å²) in [5.74, 6) is -0.328. The highest BCUT2D eigenvalue weighted by molar-refractivity contribution is 6.31. The van der Waals surface area contributed by atoms with Crippen LogP contribution < -0.4 is 0 Å². The quantitative estimate of drug-likeness (QED) is 0.840. The Bertz CT molecular complexity index is 525. The highest BCUT2D eigenvalue weighted by Gasteiger charge is 2.39. The molecule has 5 heteroatoms. The number of piperidine rings is 1. The molecule has 0 aliphatic carbocycles. The summed E-state index contributed by atoms with van der Waals surface area (Å²) in [6.07, 6.45) is 1.81. The molecular formula is C15H17ClN2O2. The maximum absolute atomic E-state index is 8.85. The summed E-state index contributed by atoms with van der Waals surface area (Å²) in [4.78, 5) is 2.35. The van der Waals surface area contributed by atoms with Crippen molar-refractivity contribution in [3.8, 4) is 6.07 Å². The molecule has 2 aliphatic heterocycles. The Labute approximate surface area is 123 Å². The molecule has 2 fully saturated rings. The second-order valence-corrected chi connectivity index (χ2v) is 5.71. The number of nitrogens with zero attached hydrogens (tertiary/aromatic N) is 2. The third kappa shape index (κ3) is 2.82. The molecule has 4 nitrogen and oxygen atoms in total. The van der Waals surface area contributed by atoms with Gasteiger partial charge in [0.2, 0.25) is 0 Å². The summed E-state index contributed by atoms with van der Waals surface area (Å²) in [6.45, 7) is 4.11. The van der Waals surface area contributed by atoms with Crippen LogP contribution in [-0.4, -0.2) is 37.0 Å². The molecule has 1 spiro atoms. The number of likely N-dealkylation sites (tertiary alicyclic amines) is 1. The van der Waals surface area contributed by atoms with Gasteiger partial charge in [0.1, 0.15) is 0 Å². The Morgan fingerprint density at radius 1 is 1.25 bits per heavy atom. The minimum absolute atomic E-state index is 0.328. The molecule has 3 rings (SSSR count). The molecule has 0 saturated carbocycles. The molecule has 1 aromatic rings. The molecule has 0 N–H and O–H groups in total. The Kier molecular flexibility index (Phi) is 3.95. The summed E-state index contributed by atoms with van der Waals surface area (Å²) >= 11 is 6.22. The SMILES string of the molecule is N#Cc1ccc(CN2CCC3(CC2)OCCO3)c(Cl)c1. The van der Waals surface area contributed by atoms with Gasteiger partial charge in [-0.1, -0.05) is 17.7 Å². The summed E-state index contributed by atoms with van der Waals surface area (Å²) in [7, 11) is 0. The Balaban J connectivity index is 1.61. The zero-order chi connectivity index (χ0) is 14.0. The third-order valence-electron chi connectivity index (χ3n) is 4.01. The average molecular weight is 293 g/mol. The van der Waals surface area contributed by atoms with Crippen molar-refractivity contribution in [3.63, 3.8) is 0 Å². The molecule has 0 unspecified atom stereocenters. The van der Waals surface area contributed by atoms with Crippen molar-refractivity contribution < 1.29 is 9.47 Å². The van der Waals surface area contributed by atoms with Gasteiger partial charge in [-0.2, -0.15) is 5.26 Å². The summed E-state index contributed by atoms with van der Waals surface area (Å²) < 4.78 is 11.4. The normalized spacial score (nSPS) is 22.0. The second kappa shape index (κ2) is 5.71. The maximum Gasteiger partial charge on any atom is 0.170 e. The highest BCUT2D eigenvalue weighted by Crippen LogP contribution is 2.32. The van der Waals surface area contributed by atoms with Crippen LogP contribution in [0, 0.1) is 11.3 Å². The van der Waals surface area contributed by atoms with E-state index in [0.29, 0.717) is 23.8 Å². The second-order valence-electron chi connectivity index (χ2n) is 5.30. The number of hydrogen-bond donors (Lipinski definition) is 0. The van der Waals surface area contributed by atoms with E-state index < -0.39 is 0 Å². The average Bonchev–Trinajstić information content (AvgIpc) is 2.92. The molecule has 0 aromatic heterocycles. The van der Waals surface area contributed by atoms with Gasteiger partial charge >= 0.3 is 0 Å². The van der Waals surface area contributed by atoms with Gasteiger partial charge < -0.3 is 9.47 Å². The van der Waals surface area contributed by atoms with Crippen molar-refractivity contribution in [1.82, 2.24) is 4.90 Å². The molecular weight excluding hydrogens is 276 g/mol. The lowest BCUT2D eigenvalue weighted by Gasteiger charge is -2.37. The molecule has 2 heterocycles. The van der Waals surface area contributed by atoms with Gasteiger partial charge in [0.25, 0.3) is 0 Å². The lowest BCUT2D eigenvalue weighted by Crippen LogP contribution is -2.44. The van der Waals surface area contributed by atoms with Crippen molar-refractivity contribution in [2.24, 2.45) is 0 Å². The fourth-order valence-corrected chi connectivity index (χ4v) is 3.06. The van der Waals surface area contributed by atoms with E-state index in [1.54, 1.807) is 6.07 Å². The van der Waals surface area contributed by atoms with Crippen LogP contribution in [0.3, 0.4) is 0 Å². The number of halogens is 1. The maximum atomic E-state index is 8.85. The van der Waals surface area contributed by atoms with Crippen molar-refractivity contribution in [2.75, 3.05) is 26.3 Å². The standard InChI is InChI=1S/C15H17ClN2O2/c16-14-9-12(10-17)1-2-13(14)11-18-5-3-15(4-6-18)19-7-8-20-15/h1-2,9H,3-8,11H2. The first-order valence-electron chi connectivity index (χ1n) is 6.90. The monoisotopic (exact) mass is 292 g/mol. The molecule has 0 amide bonds. The third-order valence-corrected chi connectivity index (χ3v) is 4.36. The van der Waals surface area contributed by atoms with E-state index in [1.165, 1.54) is 0 Å². The van der Waals surface area contributed by atoms with E-state index in [1.807, 2.05) is 12.1 Å². The lowest BCUT2D eigenvalue weighted by atomic mass is 10.0. The summed E-state index contributed by atoms with van der Waals surface area (Å²) in [5, 5.41) is 9.51. The molecule has 0 atom stereocenters. The number of ether oxygens (including phenoxy) is 2. The van der Waals surface area contributed by atoms with E-state index in [0.717, 1.165) is 38.0 Å². The molecule has 0 bridgehead atoms. The zero-order valence-corrected chi connectivity index (χ0v) is 12.0. The molecule has 1 aromatic carbocycles. The molecule has 0 radical (unpaired) electrons. The predicted molar refractivity (Wildman–Crippen MR) is 75.3 cm³/mol. The predicted octanol–water partition coefficient (Wildman–Crippen LogP) is 2.55. The van der Waals surface area contributed by atoms with Crippen LogP contribution >= 0.6 is 11.6 Å². The van der Waals surface area contributed by atoms with Crippen molar-refractivity contribution >= 4 is 11.6 Å². The van der Waals surface area contributed by atoms with E-state index in [4.69, 9.17) is 26.3 Å². The minimum Gasteiger partial charge on any atom is -0.347 e. The summed E-state index contributed by atoms with van der Waals surface area (Å²) in [6, 6.07) is 7.58. The summed E-state index contributed by atoms with van der Waals surface area (Å²) in [5.41, 5.74) is 1.67. The Morgan fingerprint density at radius 2 is 1.95 bits per heavy atom. The lowest BCUT2D eigenvalue weighted by molar-refractivity contribution is -0.185. The first kappa shape index (κ1) is 13.8. The fourth-order valence-electron chi connectivity index (χ4n) is 2.82. The van der Waals surface area contributed by atoms with Crippen LogP contribution in [0.2, 0.25) is 5.02 Å². The van der Waals surface area contributed by atoms with Crippen LogP contribution in [-0.2, 0) is 16.0 Å². The number of benzene rings is 1. The van der Waals surface area contributed by atoms with Crippen LogP contribution in [0.4, 0.5) is 0 Å². The van der Waals surface area contributed by atoms with Gasteiger partial charge in [-0.05, 0) is 17.7 Å². The largest absolute Gasteiger partial charge is 0.347 e. The van der Waals surface area contributed by atoms with E-state index in [-0.39, 0.29) is 5.79 Å². The topological polar surface area (TPSA) is 45.5 Å². The zero-order valence-electron chi connectivity index (χ0n) is 11.3. The molecule has 2 saturated heterocycles. The number of hydrogen-bond acceptors (Lipinski definition) is 4. The van der Waals surface area contributed by atoms with Crippen LogP contribution in [0.25, 0.3) is 0 Å². The van der Waals surface area contributed by atoms with E-state index in [2.05, 4.69) is 11.0 Å². The van der Waals surface area contributed by atoms with Crippen LogP contribution in [0.15, 0.2) is 18.2 Å². The van der Waals surface area contributed by atoms with Crippen molar-refractivity contribution in [3.05, 3.63) is 34.3 Å². The first-order valence-corrected chi connectivity index (χ1v) is 7.27.